The lowest BCUT2D eigenvalue weighted by Crippen LogP contribution is -2.35. The maximum Gasteiger partial charge on any atom is 0.325 e. The summed E-state index contributed by atoms with van der Waals surface area (Å²) < 4.78 is 5.13. The molecule has 2 rings (SSSR count). The number of rotatable bonds is 3. The van der Waals surface area contributed by atoms with E-state index in [1.54, 1.807) is 12.1 Å². The van der Waals surface area contributed by atoms with Crippen LogP contribution in [0.2, 0.25) is 5.02 Å². The predicted molar refractivity (Wildman–Crippen MR) is 72.6 cm³/mol. The van der Waals surface area contributed by atoms with Gasteiger partial charge in [-0.25, -0.2) is 4.79 Å². The van der Waals surface area contributed by atoms with Crippen LogP contribution in [0.1, 0.15) is 18.4 Å². The van der Waals surface area contributed by atoms with Gasteiger partial charge in [0, 0.05) is 17.0 Å². The molecule has 0 aromatic heterocycles. The number of imide groups is 1. The molecule has 0 atom stereocenters. The lowest BCUT2D eigenvalue weighted by Gasteiger charge is -2.12. The number of amides is 3. The van der Waals surface area contributed by atoms with Gasteiger partial charge >= 0.3 is 6.03 Å². The van der Waals surface area contributed by atoms with Crippen molar-refractivity contribution in [2.45, 2.75) is 19.8 Å². The first-order valence-corrected chi connectivity index (χ1v) is 6.35. The number of hydrogen-bond donors (Lipinski definition) is 2. The van der Waals surface area contributed by atoms with Crippen LogP contribution in [0.4, 0.5) is 10.5 Å². The van der Waals surface area contributed by atoms with E-state index in [9.17, 15) is 9.59 Å². The summed E-state index contributed by atoms with van der Waals surface area (Å²) in [6.45, 7) is 1.82. The minimum atomic E-state index is -0.558. The first-order valence-electron chi connectivity index (χ1n) is 5.97. The van der Waals surface area contributed by atoms with E-state index < -0.39 is 6.03 Å². The molecule has 1 aromatic rings. The molecule has 2 N–H and O–H groups in total. The summed E-state index contributed by atoms with van der Waals surface area (Å²) >= 11 is 5.97. The van der Waals surface area contributed by atoms with Gasteiger partial charge in [0.15, 0.2) is 0 Å². The van der Waals surface area contributed by atoms with Gasteiger partial charge in [0.25, 0.3) is 0 Å². The van der Waals surface area contributed by atoms with E-state index in [0.717, 1.165) is 18.4 Å². The molecule has 0 radical (unpaired) electrons. The molecule has 0 spiro atoms. The van der Waals surface area contributed by atoms with Crippen molar-refractivity contribution in [1.29, 1.82) is 0 Å². The van der Waals surface area contributed by atoms with Crippen molar-refractivity contribution < 1.29 is 14.3 Å². The summed E-state index contributed by atoms with van der Waals surface area (Å²) in [6.07, 6.45) is 1.70. The van der Waals surface area contributed by atoms with E-state index in [-0.39, 0.29) is 11.8 Å². The predicted octanol–water partition coefficient (Wildman–Crippen LogP) is 2.72. The average Bonchev–Trinajstić information content (AvgIpc) is 3.17. The van der Waals surface area contributed by atoms with Crippen molar-refractivity contribution in [3.63, 3.8) is 0 Å². The largest absolute Gasteiger partial charge is 0.495 e. The molecule has 3 amide bonds. The minimum absolute atomic E-state index is 0.0143. The Morgan fingerprint density at radius 2 is 2.05 bits per heavy atom. The molecule has 1 aliphatic carbocycles. The van der Waals surface area contributed by atoms with Crippen molar-refractivity contribution in [2.75, 3.05) is 12.4 Å². The van der Waals surface area contributed by atoms with Crippen LogP contribution in [0.5, 0.6) is 5.75 Å². The molecule has 0 unspecified atom stereocenters. The number of aryl methyl sites for hydroxylation is 1. The third-order valence-electron chi connectivity index (χ3n) is 2.91. The molecule has 0 bridgehead atoms. The standard InChI is InChI=1S/C13H15ClN2O3/c1-7-5-10(11(19-2)6-9(7)14)15-13(18)16-12(17)8-3-4-8/h5-6,8H,3-4H2,1-2H3,(H2,15,16,17,18). The maximum atomic E-state index is 11.7. The van der Waals surface area contributed by atoms with E-state index in [1.165, 1.54) is 7.11 Å². The van der Waals surface area contributed by atoms with Crippen LogP contribution in [-0.2, 0) is 4.79 Å². The minimum Gasteiger partial charge on any atom is -0.495 e. The maximum absolute atomic E-state index is 11.7. The average molecular weight is 283 g/mol. The highest BCUT2D eigenvalue weighted by molar-refractivity contribution is 6.31. The number of ether oxygens (including phenoxy) is 1. The van der Waals surface area contributed by atoms with Crippen molar-refractivity contribution in [1.82, 2.24) is 5.32 Å². The smallest absolute Gasteiger partial charge is 0.325 e. The number of methoxy groups -OCH3 is 1. The van der Waals surface area contributed by atoms with Crippen molar-refractivity contribution in [3.8, 4) is 5.75 Å². The Bertz CT molecular complexity index is 527. The van der Waals surface area contributed by atoms with Gasteiger partial charge < -0.3 is 10.1 Å². The molecule has 102 valence electrons. The molecule has 1 aromatic carbocycles. The van der Waals surface area contributed by atoms with Gasteiger partial charge in [0.05, 0.1) is 12.8 Å². The molecule has 1 saturated carbocycles. The third kappa shape index (κ3) is 3.38. The topological polar surface area (TPSA) is 67.4 Å². The highest BCUT2D eigenvalue weighted by Gasteiger charge is 2.30. The van der Waals surface area contributed by atoms with Crippen molar-refractivity contribution in [2.24, 2.45) is 5.92 Å². The van der Waals surface area contributed by atoms with Gasteiger partial charge in [0.2, 0.25) is 5.91 Å². The molecule has 0 aliphatic heterocycles. The van der Waals surface area contributed by atoms with Crippen LogP contribution in [0.15, 0.2) is 12.1 Å². The zero-order valence-electron chi connectivity index (χ0n) is 10.7. The quantitative estimate of drug-likeness (QED) is 0.896. The number of benzene rings is 1. The number of nitrogens with one attached hydrogen (secondary N) is 2. The normalized spacial score (nSPS) is 13.8. The van der Waals surface area contributed by atoms with Gasteiger partial charge in [-0.3, -0.25) is 10.1 Å². The van der Waals surface area contributed by atoms with Crippen LogP contribution < -0.4 is 15.4 Å². The zero-order chi connectivity index (χ0) is 14.0. The summed E-state index contributed by atoms with van der Waals surface area (Å²) in [7, 11) is 1.49. The summed E-state index contributed by atoms with van der Waals surface area (Å²) in [4.78, 5) is 23.1. The Kier molecular flexibility index (Phi) is 3.95. The van der Waals surface area contributed by atoms with E-state index >= 15 is 0 Å². The van der Waals surface area contributed by atoms with Gasteiger partial charge in [0.1, 0.15) is 5.75 Å². The molecule has 5 nitrogen and oxygen atoms in total. The number of carbonyl (C=O) groups excluding carboxylic acids is 2. The Morgan fingerprint density at radius 1 is 1.37 bits per heavy atom. The zero-order valence-corrected chi connectivity index (χ0v) is 11.5. The third-order valence-corrected chi connectivity index (χ3v) is 3.32. The van der Waals surface area contributed by atoms with Crippen molar-refractivity contribution in [3.05, 3.63) is 22.7 Å². The van der Waals surface area contributed by atoms with Crippen LogP contribution in [0.3, 0.4) is 0 Å². The summed E-state index contributed by atoms with van der Waals surface area (Å²) in [5.74, 6) is 0.200. The second-order valence-corrected chi connectivity index (χ2v) is 4.93. The second kappa shape index (κ2) is 5.48. The molecule has 1 fully saturated rings. The van der Waals surface area contributed by atoms with Crippen molar-refractivity contribution >= 4 is 29.2 Å². The fraction of sp³-hybridized carbons (Fsp3) is 0.385. The number of hydrogen-bond acceptors (Lipinski definition) is 3. The number of urea groups is 1. The van der Waals surface area contributed by atoms with Crippen LogP contribution in [0, 0.1) is 12.8 Å². The molecular formula is C13H15ClN2O3. The van der Waals surface area contributed by atoms with E-state index in [0.29, 0.717) is 16.5 Å². The molecular weight excluding hydrogens is 268 g/mol. The highest BCUT2D eigenvalue weighted by Crippen LogP contribution is 2.31. The Morgan fingerprint density at radius 3 is 2.63 bits per heavy atom. The van der Waals surface area contributed by atoms with Crippen LogP contribution in [-0.4, -0.2) is 19.0 Å². The van der Waals surface area contributed by atoms with E-state index in [2.05, 4.69) is 10.6 Å². The van der Waals surface area contributed by atoms with Gasteiger partial charge in [-0.2, -0.15) is 0 Å². The van der Waals surface area contributed by atoms with Crippen LogP contribution >= 0.6 is 11.6 Å². The Balaban J connectivity index is 2.06. The molecule has 0 heterocycles. The number of anilines is 1. The van der Waals surface area contributed by atoms with E-state index in [4.69, 9.17) is 16.3 Å². The van der Waals surface area contributed by atoms with Crippen LogP contribution in [0.25, 0.3) is 0 Å². The Hall–Kier alpha value is -1.75. The highest BCUT2D eigenvalue weighted by atomic mass is 35.5. The molecule has 19 heavy (non-hydrogen) atoms. The fourth-order valence-electron chi connectivity index (χ4n) is 1.64. The lowest BCUT2D eigenvalue weighted by molar-refractivity contribution is -0.121. The molecule has 0 saturated heterocycles. The fourth-order valence-corrected chi connectivity index (χ4v) is 1.80. The molecule has 1 aliphatic rings. The summed E-state index contributed by atoms with van der Waals surface area (Å²) in [5.41, 5.74) is 1.29. The monoisotopic (exact) mass is 282 g/mol. The molecule has 6 heteroatoms. The van der Waals surface area contributed by atoms with E-state index in [1.807, 2.05) is 6.92 Å². The summed E-state index contributed by atoms with van der Waals surface area (Å²) in [6, 6.07) is 2.76. The van der Waals surface area contributed by atoms with Gasteiger partial charge in [-0.1, -0.05) is 11.6 Å². The SMILES string of the molecule is COc1cc(Cl)c(C)cc1NC(=O)NC(=O)C1CC1. The number of halogens is 1. The van der Waals surface area contributed by atoms with Gasteiger partial charge in [-0.15, -0.1) is 0 Å². The van der Waals surface area contributed by atoms with Gasteiger partial charge in [-0.05, 0) is 31.4 Å². The summed E-state index contributed by atoms with van der Waals surface area (Å²) in [5, 5.41) is 5.44. The number of carbonyl (C=O) groups is 2. The first-order chi connectivity index (χ1) is 9.01. The first kappa shape index (κ1) is 13.7. The second-order valence-electron chi connectivity index (χ2n) is 4.52. The lowest BCUT2D eigenvalue weighted by atomic mass is 10.2. The Labute approximate surface area is 116 Å².